The van der Waals surface area contributed by atoms with Crippen LogP contribution in [0.5, 0.6) is 5.75 Å². The van der Waals surface area contributed by atoms with Gasteiger partial charge in [-0.2, -0.15) is 0 Å². The summed E-state index contributed by atoms with van der Waals surface area (Å²) in [5, 5.41) is 3.45. The fraction of sp³-hybridized carbons (Fsp3) is 0.238. The molecular formula is C21H25N5O. The maximum absolute atomic E-state index is 5.45. The largest absolute Gasteiger partial charge is 0.496 e. The lowest BCUT2D eigenvalue weighted by Gasteiger charge is -2.23. The van der Waals surface area contributed by atoms with Gasteiger partial charge in [-0.15, -0.1) is 0 Å². The third-order valence-corrected chi connectivity index (χ3v) is 4.38. The van der Waals surface area contributed by atoms with Crippen molar-refractivity contribution in [3.8, 4) is 11.4 Å². The Hall–Kier alpha value is -3.28. The van der Waals surface area contributed by atoms with Crippen LogP contribution < -0.4 is 10.1 Å². The average molecular weight is 363 g/mol. The van der Waals surface area contributed by atoms with E-state index < -0.39 is 0 Å². The van der Waals surface area contributed by atoms with E-state index in [0.29, 0.717) is 13.1 Å². The first kappa shape index (κ1) is 18.5. The number of ether oxygens (including phenoxy) is 1. The van der Waals surface area contributed by atoms with Crippen molar-refractivity contribution in [2.75, 3.05) is 21.2 Å². The number of methoxy groups -OCH3 is 1. The zero-order chi connectivity index (χ0) is 19.1. The Morgan fingerprint density at radius 3 is 2.59 bits per heavy atom. The molecule has 140 valence electrons. The van der Waals surface area contributed by atoms with Crippen molar-refractivity contribution in [2.45, 2.75) is 13.1 Å². The fourth-order valence-corrected chi connectivity index (χ4v) is 3.04. The number of hydrogen-bond acceptors (Lipinski definition) is 3. The number of imidazole rings is 1. The minimum absolute atomic E-state index is 0.664. The molecule has 3 rings (SSSR count). The molecule has 6 nitrogen and oxygen atoms in total. The minimum Gasteiger partial charge on any atom is -0.496 e. The van der Waals surface area contributed by atoms with Crippen LogP contribution in [0, 0.1) is 0 Å². The first-order valence-electron chi connectivity index (χ1n) is 8.83. The Balaban J connectivity index is 1.70. The van der Waals surface area contributed by atoms with E-state index in [1.807, 2.05) is 54.5 Å². The highest BCUT2D eigenvalue weighted by Crippen LogP contribution is 2.19. The summed E-state index contributed by atoms with van der Waals surface area (Å²) >= 11 is 0. The van der Waals surface area contributed by atoms with Gasteiger partial charge in [0.2, 0.25) is 0 Å². The molecule has 27 heavy (non-hydrogen) atoms. The standard InChI is InChI=1S/C21H25N5O/c1-22-21(25(2)15-18-9-5-7-11-20(18)27-3)24-14-17-8-4-6-10-19(17)26-13-12-23-16-26/h4-13,16H,14-15H2,1-3H3,(H,22,24). The van der Waals surface area contributed by atoms with Crippen LogP contribution >= 0.6 is 0 Å². The third-order valence-electron chi connectivity index (χ3n) is 4.38. The molecule has 0 saturated heterocycles. The van der Waals surface area contributed by atoms with Gasteiger partial charge in [0.15, 0.2) is 5.96 Å². The van der Waals surface area contributed by atoms with Crippen molar-refractivity contribution in [2.24, 2.45) is 4.99 Å². The first-order valence-corrected chi connectivity index (χ1v) is 8.83. The number of nitrogens with one attached hydrogen (secondary N) is 1. The maximum Gasteiger partial charge on any atom is 0.193 e. The van der Waals surface area contributed by atoms with Crippen LogP contribution in [0.2, 0.25) is 0 Å². The highest BCUT2D eigenvalue weighted by molar-refractivity contribution is 5.79. The van der Waals surface area contributed by atoms with E-state index in [1.54, 1.807) is 20.4 Å². The van der Waals surface area contributed by atoms with E-state index in [-0.39, 0.29) is 0 Å². The summed E-state index contributed by atoms with van der Waals surface area (Å²) < 4.78 is 7.46. The van der Waals surface area contributed by atoms with Crippen molar-refractivity contribution < 1.29 is 4.74 Å². The molecule has 0 unspecified atom stereocenters. The zero-order valence-electron chi connectivity index (χ0n) is 16.0. The second-order valence-corrected chi connectivity index (χ2v) is 6.17. The average Bonchev–Trinajstić information content (AvgIpc) is 3.24. The number of rotatable bonds is 6. The lowest BCUT2D eigenvalue weighted by molar-refractivity contribution is 0.396. The molecule has 0 atom stereocenters. The summed E-state index contributed by atoms with van der Waals surface area (Å²) in [6.45, 7) is 1.37. The highest BCUT2D eigenvalue weighted by Gasteiger charge is 2.11. The van der Waals surface area contributed by atoms with Crippen LogP contribution in [0.25, 0.3) is 5.69 Å². The van der Waals surface area contributed by atoms with E-state index in [0.717, 1.165) is 23.0 Å². The molecule has 6 heteroatoms. The van der Waals surface area contributed by atoms with Gasteiger partial charge in [0.25, 0.3) is 0 Å². The lowest BCUT2D eigenvalue weighted by atomic mass is 10.1. The molecule has 0 aliphatic carbocycles. The molecule has 1 aromatic heterocycles. The molecule has 0 saturated carbocycles. The number of hydrogen-bond donors (Lipinski definition) is 1. The SMILES string of the molecule is CN=C(NCc1ccccc1-n1ccnc1)N(C)Cc1ccccc1OC. The van der Waals surface area contributed by atoms with E-state index in [4.69, 9.17) is 4.74 Å². The number of benzene rings is 2. The van der Waals surface area contributed by atoms with Gasteiger partial charge in [-0.3, -0.25) is 4.99 Å². The topological polar surface area (TPSA) is 54.7 Å². The van der Waals surface area contributed by atoms with E-state index in [9.17, 15) is 0 Å². The number of para-hydroxylation sites is 2. The molecule has 1 N–H and O–H groups in total. The predicted molar refractivity (Wildman–Crippen MR) is 108 cm³/mol. The Kier molecular flexibility index (Phi) is 6.10. The number of guanidine groups is 1. The monoisotopic (exact) mass is 363 g/mol. The Bertz CT molecular complexity index is 889. The Morgan fingerprint density at radius 2 is 1.89 bits per heavy atom. The van der Waals surface area contributed by atoms with Crippen LogP contribution in [-0.2, 0) is 13.1 Å². The minimum atomic E-state index is 0.664. The van der Waals surface area contributed by atoms with Crippen molar-refractivity contribution in [1.82, 2.24) is 19.8 Å². The predicted octanol–water partition coefficient (Wildman–Crippen LogP) is 3.09. The maximum atomic E-state index is 5.45. The normalized spacial score (nSPS) is 11.3. The number of aliphatic imine (C=N–C) groups is 1. The zero-order valence-corrected chi connectivity index (χ0v) is 16.0. The summed E-state index contributed by atoms with van der Waals surface area (Å²) in [5.41, 5.74) is 3.39. The molecule has 0 spiro atoms. The molecule has 0 bridgehead atoms. The Morgan fingerprint density at radius 1 is 1.15 bits per heavy atom. The Labute approximate surface area is 160 Å². The van der Waals surface area contributed by atoms with Gasteiger partial charge < -0.3 is 19.5 Å². The van der Waals surface area contributed by atoms with Crippen LogP contribution in [0.1, 0.15) is 11.1 Å². The lowest BCUT2D eigenvalue weighted by Crippen LogP contribution is -2.38. The van der Waals surface area contributed by atoms with E-state index in [1.165, 1.54) is 5.56 Å². The second-order valence-electron chi connectivity index (χ2n) is 6.17. The van der Waals surface area contributed by atoms with E-state index >= 15 is 0 Å². The summed E-state index contributed by atoms with van der Waals surface area (Å²) in [7, 11) is 5.51. The molecule has 1 heterocycles. The van der Waals surface area contributed by atoms with Gasteiger partial charge in [0.05, 0.1) is 19.1 Å². The van der Waals surface area contributed by atoms with Crippen LogP contribution in [0.15, 0.2) is 72.2 Å². The second kappa shape index (κ2) is 8.89. The first-order chi connectivity index (χ1) is 13.2. The van der Waals surface area contributed by atoms with Crippen molar-refractivity contribution in [1.29, 1.82) is 0 Å². The van der Waals surface area contributed by atoms with Gasteiger partial charge in [0, 0.05) is 45.1 Å². The molecule has 0 aliphatic rings. The van der Waals surface area contributed by atoms with E-state index in [2.05, 4.69) is 38.4 Å². The quantitative estimate of drug-likeness (QED) is 0.540. The summed E-state index contributed by atoms with van der Waals surface area (Å²) in [6.07, 6.45) is 5.53. The van der Waals surface area contributed by atoms with Gasteiger partial charge in [0.1, 0.15) is 5.75 Å². The molecular weight excluding hydrogens is 338 g/mol. The fourth-order valence-electron chi connectivity index (χ4n) is 3.04. The van der Waals surface area contributed by atoms with Gasteiger partial charge in [-0.05, 0) is 17.7 Å². The van der Waals surface area contributed by atoms with Gasteiger partial charge >= 0.3 is 0 Å². The van der Waals surface area contributed by atoms with Crippen molar-refractivity contribution in [3.63, 3.8) is 0 Å². The number of aromatic nitrogens is 2. The van der Waals surface area contributed by atoms with Crippen LogP contribution in [0.3, 0.4) is 0 Å². The van der Waals surface area contributed by atoms with Crippen LogP contribution in [0.4, 0.5) is 0 Å². The van der Waals surface area contributed by atoms with Crippen molar-refractivity contribution in [3.05, 3.63) is 78.4 Å². The number of nitrogens with zero attached hydrogens (tertiary/aromatic N) is 4. The molecule has 3 aromatic rings. The molecule has 0 fully saturated rings. The van der Waals surface area contributed by atoms with Crippen LogP contribution in [-0.4, -0.2) is 41.6 Å². The summed E-state index contributed by atoms with van der Waals surface area (Å²) in [6, 6.07) is 16.3. The molecule has 0 aliphatic heterocycles. The molecule has 0 radical (unpaired) electrons. The van der Waals surface area contributed by atoms with Crippen molar-refractivity contribution >= 4 is 5.96 Å². The third kappa shape index (κ3) is 4.47. The van der Waals surface area contributed by atoms with Gasteiger partial charge in [-0.1, -0.05) is 36.4 Å². The summed E-state index contributed by atoms with van der Waals surface area (Å²) in [4.78, 5) is 10.6. The molecule has 2 aromatic carbocycles. The van der Waals surface area contributed by atoms with Gasteiger partial charge in [-0.25, -0.2) is 4.98 Å². The smallest absolute Gasteiger partial charge is 0.193 e. The highest BCUT2D eigenvalue weighted by atomic mass is 16.5. The molecule has 0 amide bonds. The summed E-state index contributed by atoms with van der Waals surface area (Å²) in [5.74, 6) is 1.70.